The number of hydrogen-bond acceptors (Lipinski definition) is 2. The predicted octanol–water partition coefficient (Wildman–Crippen LogP) is 1.92. The number of nitrogens with one attached hydrogen (secondary N) is 3. The summed E-state index contributed by atoms with van der Waals surface area (Å²) in [7, 11) is 0. The molecule has 5 heteroatoms. The van der Waals surface area contributed by atoms with Crippen LogP contribution in [0.15, 0.2) is 42.7 Å². The van der Waals surface area contributed by atoms with E-state index >= 15 is 0 Å². The first kappa shape index (κ1) is 9.35. The zero-order valence-corrected chi connectivity index (χ0v) is 9.44. The topological polar surface area (TPSA) is 71.5 Å². The third-order valence-electron chi connectivity index (χ3n) is 3.02. The van der Waals surface area contributed by atoms with Gasteiger partial charge in [0.1, 0.15) is 16.7 Å². The van der Waals surface area contributed by atoms with Crippen molar-refractivity contribution in [1.82, 2.24) is 20.2 Å². The molecule has 0 unspecified atom stereocenters. The van der Waals surface area contributed by atoms with Gasteiger partial charge in [0.25, 0.3) is 0 Å². The summed E-state index contributed by atoms with van der Waals surface area (Å²) in [6.45, 7) is 0. The van der Waals surface area contributed by atoms with Crippen molar-refractivity contribution >= 4 is 21.9 Å². The van der Waals surface area contributed by atoms with Crippen molar-refractivity contribution in [2.75, 3.05) is 0 Å². The lowest BCUT2D eigenvalue weighted by molar-refractivity contribution is -0.376. The van der Waals surface area contributed by atoms with Gasteiger partial charge in [0.05, 0.1) is 5.52 Å². The lowest BCUT2D eigenvalue weighted by Crippen LogP contribution is -1.96. The summed E-state index contributed by atoms with van der Waals surface area (Å²) < 4.78 is 0. The third kappa shape index (κ3) is 1.24. The van der Waals surface area contributed by atoms with Crippen LogP contribution in [0.1, 0.15) is 0 Å². The summed E-state index contributed by atoms with van der Waals surface area (Å²) in [5.41, 5.74) is 3.76. The number of imidazole rings is 1. The van der Waals surface area contributed by atoms with E-state index in [9.17, 15) is 0 Å². The maximum Gasteiger partial charge on any atom is 0.193 e. The molecule has 0 bridgehead atoms. The molecule has 3 aromatic heterocycles. The lowest BCUT2D eigenvalue weighted by atomic mass is 10.2. The average Bonchev–Trinajstić information content (AvgIpc) is 3.02. The molecule has 4 rings (SSSR count). The van der Waals surface area contributed by atoms with Crippen LogP contribution in [0.3, 0.4) is 0 Å². The maximum absolute atomic E-state index is 4.55. The summed E-state index contributed by atoms with van der Waals surface area (Å²) in [6, 6.07) is 9.95. The summed E-state index contributed by atoms with van der Waals surface area (Å²) in [5, 5.41) is 8.41. The molecule has 3 N–H and O–H groups in total. The molecule has 0 aliphatic heterocycles. The smallest absolute Gasteiger partial charge is 0.193 e. The highest BCUT2D eigenvalue weighted by molar-refractivity contribution is 5.92. The van der Waals surface area contributed by atoms with Gasteiger partial charge >= 0.3 is 0 Å². The second-order valence-electron chi connectivity index (χ2n) is 4.15. The van der Waals surface area contributed by atoms with Crippen molar-refractivity contribution in [3.8, 4) is 11.5 Å². The standard InChI is InChI=1S/C13H9N5/c1-2-4-9-8(3-1)12(18-17-9)13-15-10-5-6-14-7-11(10)16-13/h1-7H,(H,15,16)(H,17,18)/p+1. The van der Waals surface area contributed by atoms with E-state index in [2.05, 4.69) is 25.1 Å². The van der Waals surface area contributed by atoms with Gasteiger partial charge in [-0.3, -0.25) is 5.10 Å². The number of benzene rings is 1. The Morgan fingerprint density at radius 2 is 2.00 bits per heavy atom. The molecule has 0 saturated heterocycles. The van der Waals surface area contributed by atoms with Gasteiger partial charge in [0, 0.05) is 11.5 Å². The van der Waals surface area contributed by atoms with Crippen LogP contribution in [0, 0.1) is 0 Å². The first-order chi connectivity index (χ1) is 8.92. The normalized spacial score (nSPS) is 11.3. The van der Waals surface area contributed by atoms with Crippen LogP contribution in [-0.2, 0) is 0 Å². The van der Waals surface area contributed by atoms with Crippen LogP contribution in [0.2, 0.25) is 0 Å². The summed E-state index contributed by atoms with van der Waals surface area (Å²) in [5.74, 6) is 0.780. The van der Waals surface area contributed by atoms with E-state index in [1.54, 1.807) is 0 Å². The molecule has 86 valence electrons. The van der Waals surface area contributed by atoms with Crippen molar-refractivity contribution in [2.24, 2.45) is 0 Å². The fourth-order valence-electron chi connectivity index (χ4n) is 2.15. The largest absolute Gasteiger partial charge is 0.332 e. The Hall–Kier alpha value is -2.69. The van der Waals surface area contributed by atoms with Crippen molar-refractivity contribution in [1.29, 1.82) is 0 Å². The Morgan fingerprint density at radius 3 is 2.94 bits per heavy atom. The highest BCUT2D eigenvalue weighted by Gasteiger charge is 2.12. The number of aromatic nitrogens is 5. The van der Waals surface area contributed by atoms with E-state index in [1.165, 1.54) is 0 Å². The first-order valence-corrected chi connectivity index (χ1v) is 5.71. The average molecular weight is 236 g/mol. The molecule has 5 nitrogen and oxygen atoms in total. The quantitative estimate of drug-likeness (QED) is 0.530. The van der Waals surface area contributed by atoms with Crippen LogP contribution in [0.5, 0.6) is 0 Å². The molecule has 0 amide bonds. The molecular weight excluding hydrogens is 226 g/mol. The minimum atomic E-state index is 0.780. The highest BCUT2D eigenvalue weighted by Crippen LogP contribution is 2.25. The molecule has 4 aromatic rings. The Kier molecular flexibility index (Phi) is 1.77. The molecule has 0 atom stereocenters. The number of hydrogen-bond donors (Lipinski definition) is 2. The molecular formula is C13H10N5+. The van der Waals surface area contributed by atoms with Gasteiger partial charge in [0.15, 0.2) is 18.2 Å². The fraction of sp³-hybridized carbons (Fsp3) is 0. The Bertz CT molecular complexity index is 809. The van der Waals surface area contributed by atoms with E-state index in [0.29, 0.717) is 0 Å². The van der Waals surface area contributed by atoms with Crippen molar-refractivity contribution in [3.63, 3.8) is 0 Å². The van der Waals surface area contributed by atoms with Gasteiger partial charge in [-0.15, -0.1) is 0 Å². The highest BCUT2D eigenvalue weighted by atomic mass is 15.1. The number of fused-ring (bicyclic) bond motifs is 2. The van der Waals surface area contributed by atoms with Crippen LogP contribution < -0.4 is 4.98 Å². The second kappa shape index (κ2) is 3.40. The van der Waals surface area contributed by atoms with Gasteiger partial charge in [-0.05, 0) is 6.07 Å². The zero-order valence-electron chi connectivity index (χ0n) is 9.44. The van der Waals surface area contributed by atoms with Gasteiger partial charge in [0.2, 0.25) is 0 Å². The van der Waals surface area contributed by atoms with Gasteiger partial charge in [-0.2, -0.15) is 5.10 Å². The van der Waals surface area contributed by atoms with E-state index in [-0.39, 0.29) is 0 Å². The van der Waals surface area contributed by atoms with Crippen molar-refractivity contribution < 1.29 is 4.98 Å². The van der Waals surface area contributed by atoms with E-state index in [1.807, 2.05) is 42.7 Å². The lowest BCUT2D eigenvalue weighted by Gasteiger charge is -1.90. The molecule has 3 heterocycles. The Labute approximate surface area is 102 Å². The number of rotatable bonds is 1. The van der Waals surface area contributed by atoms with Crippen LogP contribution in [0.25, 0.3) is 33.5 Å². The molecule has 0 aliphatic carbocycles. The minimum absolute atomic E-state index is 0.780. The zero-order chi connectivity index (χ0) is 11.9. The van der Waals surface area contributed by atoms with Crippen LogP contribution in [0.4, 0.5) is 0 Å². The first-order valence-electron chi connectivity index (χ1n) is 5.71. The van der Waals surface area contributed by atoms with Crippen LogP contribution in [-0.4, -0.2) is 20.2 Å². The monoisotopic (exact) mass is 236 g/mol. The molecule has 0 fully saturated rings. The summed E-state index contributed by atoms with van der Waals surface area (Å²) >= 11 is 0. The fourth-order valence-corrected chi connectivity index (χ4v) is 2.15. The van der Waals surface area contributed by atoms with E-state index in [0.717, 1.165) is 33.5 Å². The Morgan fingerprint density at radius 1 is 1.06 bits per heavy atom. The number of aromatic amines is 3. The third-order valence-corrected chi connectivity index (χ3v) is 3.02. The van der Waals surface area contributed by atoms with Gasteiger partial charge < -0.3 is 4.98 Å². The summed E-state index contributed by atoms with van der Waals surface area (Å²) in [6.07, 6.45) is 3.75. The van der Waals surface area contributed by atoms with Gasteiger partial charge in [-0.1, -0.05) is 18.2 Å². The maximum atomic E-state index is 4.55. The molecule has 0 aliphatic rings. The molecule has 0 saturated carbocycles. The second-order valence-corrected chi connectivity index (χ2v) is 4.15. The van der Waals surface area contributed by atoms with Gasteiger partial charge in [-0.25, -0.2) is 9.97 Å². The van der Waals surface area contributed by atoms with E-state index < -0.39 is 0 Å². The van der Waals surface area contributed by atoms with Crippen LogP contribution >= 0.6 is 0 Å². The molecule has 1 aromatic carbocycles. The Balaban J connectivity index is 2.01. The van der Waals surface area contributed by atoms with Crippen molar-refractivity contribution in [2.45, 2.75) is 0 Å². The predicted molar refractivity (Wildman–Crippen MR) is 67.7 cm³/mol. The molecule has 0 spiro atoms. The number of pyridine rings is 1. The number of nitrogens with zero attached hydrogens (tertiary/aromatic N) is 2. The number of para-hydroxylation sites is 1. The van der Waals surface area contributed by atoms with E-state index in [4.69, 9.17) is 0 Å². The molecule has 0 radical (unpaired) electrons. The molecule has 18 heavy (non-hydrogen) atoms. The minimum Gasteiger partial charge on any atom is -0.332 e. The number of H-pyrrole nitrogens is 3. The SMILES string of the molecule is c1ccc2c(-c3nc4cc[nH+]cc4[nH]3)n[nH]c2c1. The summed E-state index contributed by atoms with van der Waals surface area (Å²) in [4.78, 5) is 10.8. The van der Waals surface area contributed by atoms with Crippen molar-refractivity contribution in [3.05, 3.63) is 42.7 Å².